The van der Waals surface area contributed by atoms with Crippen molar-refractivity contribution >= 4 is 0 Å². The van der Waals surface area contributed by atoms with Crippen LogP contribution in [-0.2, 0) is 11.3 Å². The van der Waals surface area contributed by atoms with Crippen molar-refractivity contribution in [3.63, 3.8) is 0 Å². The average molecular weight is 181 g/mol. The van der Waals surface area contributed by atoms with Crippen LogP contribution in [0.1, 0.15) is 16.7 Å². The Hall–Kier alpha value is -1.06. The van der Waals surface area contributed by atoms with Gasteiger partial charge in [0, 0.05) is 0 Å². The van der Waals surface area contributed by atoms with Crippen molar-refractivity contribution < 1.29 is 9.94 Å². The van der Waals surface area contributed by atoms with Gasteiger partial charge in [0.1, 0.15) is 5.75 Å². The molecule has 0 atom stereocenters. The second-order valence-corrected chi connectivity index (χ2v) is 3.14. The highest BCUT2D eigenvalue weighted by molar-refractivity contribution is 5.43. The molecular formula is C10H15NO2. The first-order valence-corrected chi connectivity index (χ1v) is 4.26. The van der Waals surface area contributed by atoms with Gasteiger partial charge in [0.25, 0.3) is 0 Å². The molecule has 0 unspecified atom stereocenters. The van der Waals surface area contributed by atoms with E-state index in [1.165, 1.54) is 0 Å². The third-order valence-corrected chi connectivity index (χ3v) is 2.23. The molecule has 72 valence electrons. The molecule has 0 aliphatic carbocycles. The Morgan fingerprint density at radius 3 is 2.69 bits per heavy atom. The number of benzene rings is 1. The summed E-state index contributed by atoms with van der Waals surface area (Å²) in [5.74, 6) is 5.30. The quantitative estimate of drug-likeness (QED) is 0.694. The lowest BCUT2D eigenvalue weighted by Crippen LogP contribution is -2.04. The van der Waals surface area contributed by atoms with Crippen molar-refractivity contribution in [1.29, 1.82) is 0 Å². The monoisotopic (exact) mass is 181 g/mol. The van der Waals surface area contributed by atoms with E-state index >= 15 is 0 Å². The molecule has 0 amide bonds. The van der Waals surface area contributed by atoms with Crippen LogP contribution in [0.25, 0.3) is 0 Å². The molecule has 1 rings (SSSR count). The summed E-state index contributed by atoms with van der Waals surface area (Å²) < 4.78 is 0. The van der Waals surface area contributed by atoms with Crippen LogP contribution < -0.4 is 5.90 Å². The van der Waals surface area contributed by atoms with Crippen LogP contribution in [0.3, 0.4) is 0 Å². The molecule has 0 heterocycles. The van der Waals surface area contributed by atoms with Crippen molar-refractivity contribution in [3.8, 4) is 5.75 Å². The Balaban J connectivity index is 2.90. The van der Waals surface area contributed by atoms with E-state index in [-0.39, 0.29) is 0 Å². The van der Waals surface area contributed by atoms with E-state index in [4.69, 9.17) is 5.90 Å². The second-order valence-electron chi connectivity index (χ2n) is 3.14. The molecule has 0 saturated heterocycles. The lowest BCUT2D eigenvalue weighted by atomic mass is 10.0. The number of hydrogen-bond acceptors (Lipinski definition) is 3. The van der Waals surface area contributed by atoms with Gasteiger partial charge in [-0.1, -0.05) is 12.1 Å². The van der Waals surface area contributed by atoms with Gasteiger partial charge in [-0.2, -0.15) is 0 Å². The van der Waals surface area contributed by atoms with Gasteiger partial charge >= 0.3 is 0 Å². The largest absolute Gasteiger partial charge is 0.507 e. The second kappa shape index (κ2) is 4.25. The molecule has 0 aromatic heterocycles. The molecule has 3 N–H and O–H groups in total. The summed E-state index contributed by atoms with van der Waals surface area (Å²) >= 11 is 0. The van der Waals surface area contributed by atoms with Gasteiger partial charge in [-0.05, 0) is 37.0 Å². The minimum atomic E-state index is 0.370. The van der Waals surface area contributed by atoms with E-state index in [0.29, 0.717) is 12.4 Å². The lowest BCUT2D eigenvalue weighted by Gasteiger charge is -2.08. The molecule has 0 bridgehead atoms. The predicted molar refractivity (Wildman–Crippen MR) is 51.4 cm³/mol. The van der Waals surface area contributed by atoms with Gasteiger partial charge in [-0.25, -0.2) is 5.90 Å². The molecule has 0 aliphatic rings. The SMILES string of the molecule is Cc1ccc(CCON)c(C)c1O. The predicted octanol–water partition coefficient (Wildman–Crippen LogP) is 1.44. The zero-order valence-corrected chi connectivity index (χ0v) is 8.00. The molecular weight excluding hydrogens is 166 g/mol. The van der Waals surface area contributed by atoms with E-state index in [2.05, 4.69) is 4.84 Å². The number of nitrogens with two attached hydrogens (primary N) is 1. The summed E-state index contributed by atoms with van der Waals surface area (Å²) in [6, 6.07) is 3.89. The zero-order valence-electron chi connectivity index (χ0n) is 8.00. The van der Waals surface area contributed by atoms with E-state index < -0.39 is 0 Å². The van der Waals surface area contributed by atoms with E-state index in [9.17, 15) is 5.11 Å². The van der Waals surface area contributed by atoms with Gasteiger partial charge in [0.2, 0.25) is 0 Å². The van der Waals surface area contributed by atoms with Crippen molar-refractivity contribution in [2.45, 2.75) is 20.3 Å². The zero-order chi connectivity index (χ0) is 9.84. The maximum Gasteiger partial charge on any atom is 0.121 e. The number of rotatable bonds is 3. The minimum absolute atomic E-state index is 0.370. The fourth-order valence-corrected chi connectivity index (χ4v) is 1.32. The van der Waals surface area contributed by atoms with Crippen LogP contribution >= 0.6 is 0 Å². The van der Waals surface area contributed by atoms with E-state index in [1.807, 2.05) is 26.0 Å². The maximum atomic E-state index is 9.61. The third kappa shape index (κ3) is 2.20. The molecule has 13 heavy (non-hydrogen) atoms. The first-order valence-electron chi connectivity index (χ1n) is 4.26. The first kappa shape index (κ1) is 10.0. The van der Waals surface area contributed by atoms with Gasteiger partial charge in [0.05, 0.1) is 6.61 Å². The van der Waals surface area contributed by atoms with Crippen molar-refractivity contribution in [3.05, 3.63) is 28.8 Å². The molecule has 0 radical (unpaired) electrons. The van der Waals surface area contributed by atoms with Crippen LogP contribution in [0.4, 0.5) is 0 Å². The van der Waals surface area contributed by atoms with Gasteiger partial charge in [-0.15, -0.1) is 0 Å². The lowest BCUT2D eigenvalue weighted by molar-refractivity contribution is 0.141. The van der Waals surface area contributed by atoms with E-state index in [1.54, 1.807) is 0 Å². The van der Waals surface area contributed by atoms with E-state index in [0.717, 1.165) is 23.1 Å². The topological polar surface area (TPSA) is 55.5 Å². The fraction of sp³-hybridized carbons (Fsp3) is 0.400. The number of aryl methyl sites for hydroxylation is 1. The summed E-state index contributed by atoms with van der Waals surface area (Å²) in [7, 11) is 0. The summed E-state index contributed by atoms with van der Waals surface area (Å²) in [6.45, 7) is 4.25. The van der Waals surface area contributed by atoms with Gasteiger partial charge in [-0.3, -0.25) is 0 Å². The number of hydrogen-bond donors (Lipinski definition) is 2. The van der Waals surface area contributed by atoms with Crippen LogP contribution in [0, 0.1) is 13.8 Å². The molecule has 1 aromatic carbocycles. The standard InChI is InChI=1S/C10H15NO2/c1-7-3-4-9(5-6-13-11)8(2)10(7)12/h3-4,12H,5-6,11H2,1-2H3. The van der Waals surface area contributed by atoms with Gasteiger partial charge < -0.3 is 9.94 Å². The molecule has 0 saturated carbocycles. The molecule has 0 aliphatic heterocycles. The summed E-state index contributed by atoms with van der Waals surface area (Å²) in [4.78, 5) is 4.49. The summed E-state index contributed by atoms with van der Waals surface area (Å²) in [5.41, 5.74) is 2.89. The Kier molecular flexibility index (Phi) is 3.28. The fourth-order valence-electron chi connectivity index (χ4n) is 1.32. The number of phenols is 1. The van der Waals surface area contributed by atoms with Crippen molar-refractivity contribution in [2.75, 3.05) is 6.61 Å². The highest BCUT2D eigenvalue weighted by Gasteiger charge is 2.05. The van der Waals surface area contributed by atoms with Crippen LogP contribution in [-0.4, -0.2) is 11.7 Å². The van der Waals surface area contributed by atoms with Crippen molar-refractivity contribution in [2.24, 2.45) is 5.90 Å². The normalized spacial score (nSPS) is 10.4. The number of aromatic hydroxyl groups is 1. The smallest absolute Gasteiger partial charge is 0.121 e. The van der Waals surface area contributed by atoms with Crippen molar-refractivity contribution in [1.82, 2.24) is 0 Å². The maximum absolute atomic E-state index is 9.61. The molecule has 0 fully saturated rings. The third-order valence-electron chi connectivity index (χ3n) is 2.23. The summed E-state index contributed by atoms with van der Waals surface area (Å²) in [5, 5.41) is 9.61. The molecule has 3 nitrogen and oxygen atoms in total. The van der Waals surface area contributed by atoms with Crippen LogP contribution in [0.2, 0.25) is 0 Å². The average Bonchev–Trinajstić information content (AvgIpc) is 2.13. The highest BCUT2D eigenvalue weighted by Crippen LogP contribution is 2.24. The van der Waals surface area contributed by atoms with Crippen LogP contribution in [0.15, 0.2) is 12.1 Å². The number of phenolic OH excluding ortho intramolecular Hbond substituents is 1. The van der Waals surface area contributed by atoms with Crippen LogP contribution in [0.5, 0.6) is 5.75 Å². The minimum Gasteiger partial charge on any atom is -0.507 e. The molecule has 0 spiro atoms. The Bertz CT molecular complexity index is 297. The molecule has 1 aromatic rings. The molecule has 3 heteroatoms. The Morgan fingerprint density at radius 2 is 2.08 bits per heavy atom. The first-order chi connectivity index (χ1) is 6.16. The Labute approximate surface area is 78.1 Å². The summed E-state index contributed by atoms with van der Waals surface area (Å²) in [6.07, 6.45) is 0.732. The van der Waals surface area contributed by atoms with Gasteiger partial charge in [0.15, 0.2) is 0 Å². The highest BCUT2D eigenvalue weighted by atomic mass is 16.6. The Morgan fingerprint density at radius 1 is 1.38 bits per heavy atom.